The van der Waals surface area contributed by atoms with Crippen molar-refractivity contribution in [3.05, 3.63) is 36.2 Å². The number of nitrogens with one attached hydrogen (secondary N) is 1. The van der Waals surface area contributed by atoms with Gasteiger partial charge >= 0.3 is 12.3 Å². The SMILES string of the molecule is CC(=O)Nc1cc(-c2ccc(OCC(C)(CC(C)C)OC(N)=O)c(C(F)(F)F)c2)ncn1. The Morgan fingerprint density at radius 2 is 1.88 bits per heavy atom. The van der Waals surface area contributed by atoms with E-state index in [4.69, 9.17) is 15.2 Å². The molecule has 0 aliphatic heterocycles. The second-order valence-corrected chi connectivity index (χ2v) is 7.94. The summed E-state index contributed by atoms with van der Waals surface area (Å²) in [5.41, 5.74) is 3.21. The van der Waals surface area contributed by atoms with Crippen LogP contribution in [0.4, 0.5) is 23.8 Å². The van der Waals surface area contributed by atoms with Crippen LogP contribution in [0.15, 0.2) is 30.6 Å². The number of halogens is 3. The monoisotopic (exact) mass is 454 g/mol. The average Bonchev–Trinajstić information content (AvgIpc) is 2.64. The minimum atomic E-state index is -4.72. The minimum Gasteiger partial charge on any atom is -0.489 e. The summed E-state index contributed by atoms with van der Waals surface area (Å²) >= 11 is 0. The summed E-state index contributed by atoms with van der Waals surface area (Å²) in [6, 6.07) is 4.82. The molecule has 1 atom stereocenters. The summed E-state index contributed by atoms with van der Waals surface area (Å²) in [4.78, 5) is 30.3. The van der Waals surface area contributed by atoms with Gasteiger partial charge in [-0.15, -0.1) is 0 Å². The molecule has 0 fully saturated rings. The Kier molecular flexibility index (Phi) is 7.65. The van der Waals surface area contributed by atoms with Gasteiger partial charge in [0.25, 0.3) is 0 Å². The van der Waals surface area contributed by atoms with Crippen molar-refractivity contribution in [2.45, 2.75) is 45.9 Å². The molecule has 2 amide bonds. The number of carbonyl (C=O) groups is 2. The number of aromatic nitrogens is 2. The van der Waals surface area contributed by atoms with E-state index in [1.54, 1.807) is 6.92 Å². The summed E-state index contributed by atoms with van der Waals surface area (Å²) in [5, 5.41) is 2.45. The quantitative estimate of drug-likeness (QED) is 0.611. The molecule has 174 valence electrons. The third-order valence-corrected chi connectivity index (χ3v) is 4.27. The number of primary amides is 1. The highest BCUT2D eigenvalue weighted by Gasteiger charge is 2.37. The van der Waals surface area contributed by atoms with Crippen molar-refractivity contribution in [3.8, 4) is 17.0 Å². The number of amides is 2. The molecular weight excluding hydrogens is 429 g/mol. The summed E-state index contributed by atoms with van der Waals surface area (Å²) in [6.45, 7) is 6.25. The van der Waals surface area contributed by atoms with Crippen LogP contribution in [0, 0.1) is 5.92 Å². The van der Waals surface area contributed by atoms with Crippen LogP contribution in [0.5, 0.6) is 5.75 Å². The fourth-order valence-corrected chi connectivity index (χ4v) is 3.27. The molecule has 2 rings (SSSR count). The Morgan fingerprint density at radius 3 is 2.44 bits per heavy atom. The van der Waals surface area contributed by atoms with Crippen molar-refractivity contribution >= 4 is 17.8 Å². The molecule has 0 spiro atoms. The Bertz CT molecular complexity index is 982. The lowest BCUT2D eigenvalue weighted by molar-refractivity contribution is -0.139. The van der Waals surface area contributed by atoms with E-state index in [1.165, 1.54) is 25.1 Å². The van der Waals surface area contributed by atoms with Gasteiger partial charge in [-0.25, -0.2) is 14.8 Å². The van der Waals surface area contributed by atoms with Gasteiger partial charge in [0.05, 0.1) is 11.3 Å². The first-order valence-electron chi connectivity index (χ1n) is 9.71. The molecule has 0 saturated heterocycles. The zero-order valence-corrected chi connectivity index (χ0v) is 18.1. The number of rotatable bonds is 8. The molecule has 8 nitrogen and oxygen atoms in total. The Balaban J connectivity index is 2.37. The first kappa shape index (κ1) is 24.9. The van der Waals surface area contributed by atoms with Crippen molar-refractivity contribution in [2.75, 3.05) is 11.9 Å². The molecular formula is C21H25F3N4O4. The maximum absolute atomic E-state index is 13.8. The van der Waals surface area contributed by atoms with E-state index < -0.39 is 29.2 Å². The van der Waals surface area contributed by atoms with Gasteiger partial charge in [0, 0.05) is 18.6 Å². The standard InChI is InChI=1S/C21H25F3N4O4/c1-12(2)9-20(4,32-19(25)30)10-31-17-6-5-14(7-15(17)21(22,23)24)16-8-18(27-11-26-16)28-13(3)29/h5-8,11-12H,9-10H2,1-4H3,(H2,25,30)(H,26,27,28,29). The molecule has 1 aromatic heterocycles. The molecule has 1 heterocycles. The van der Waals surface area contributed by atoms with Gasteiger partial charge in [0.15, 0.2) is 0 Å². The highest BCUT2D eigenvalue weighted by Crippen LogP contribution is 2.39. The van der Waals surface area contributed by atoms with Crippen LogP contribution in [-0.2, 0) is 15.7 Å². The predicted molar refractivity (Wildman–Crippen MR) is 111 cm³/mol. The number of alkyl halides is 3. The molecule has 1 aromatic carbocycles. The van der Waals surface area contributed by atoms with Crippen molar-refractivity contribution < 1.29 is 32.2 Å². The molecule has 0 aliphatic rings. The summed E-state index contributed by atoms with van der Waals surface area (Å²) in [5.74, 6) is -0.579. The molecule has 0 saturated carbocycles. The fourth-order valence-electron chi connectivity index (χ4n) is 3.27. The fraction of sp³-hybridized carbons (Fsp3) is 0.429. The van der Waals surface area contributed by atoms with E-state index >= 15 is 0 Å². The topological polar surface area (TPSA) is 116 Å². The van der Waals surface area contributed by atoms with Gasteiger partial charge in [-0.2, -0.15) is 13.2 Å². The Labute approximate surface area is 183 Å². The molecule has 11 heteroatoms. The minimum absolute atomic E-state index is 0.0722. The first-order valence-corrected chi connectivity index (χ1v) is 9.71. The van der Waals surface area contributed by atoms with Gasteiger partial charge in [-0.1, -0.05) is 13.8 Å². The third-order valence-electron chi connectivity index (χ3n) is 4.27. The number of ether oxygens (including phenoxy) is 2. The summed E-state index contributed by atoms with van der Waals surface area (Å²) in [7, 11) is 0. The molecule has 3 N–H and O–H groups in total. The molecule has 0 aliphatic carbocycles. The lowest BCUT2D eigenvalue weighted by Crippen LogP contribution is -2.41. The van der Waals surface area contributed by atoms with Crippen LogP contribution < -0.4 is 15.8 Å². The number of benzene rings is 1. The van der Waals surface area contributed by atoms with Crippen LogP contribution in [0.25, 0.3) is 11.3 Å². The number of anilines is 1. The highest BCUT2D eigenvalue weighted by atomic mass is 19.4. The number of carbonyl (C=O) groups excluding carboxylic acids is 2. The lowest BCUT2D eigenvalue weighted by Gasteiger charge is -2.30. The van der Waals surface area contributed by atoms with E-state index in [1.807, 2.05) is 13.8 Å². The molecule has 1 unspecified atom stereocenters. The molecule has 32 heavy (non-hydrogen) atoms. The van der Waals surface area contributed by atoms with E-state index in [2.05, 4.69) is 15.3 Å². The normalized spacial score (nSPS) is 13.4. The highest BCUT2D eigenvalue weighted by molar-refractivity contribution is 5.88. The van der Waals surface area contributed by atoms with Crippen LogP contribution in [0.2, 0.25) is 0 Å². The zero-order chi connectivity index (χ0) is 24.1. The van der Waals surface area contributed by atoms with Gasteiger partial charge in [-0.05, 0) is 37.5 Å². The second kappa shape index (κ2) is 9.84. The predicted octanol–water partition coefficient (Wildman–Crippen LogP) is 4.40. The van der Waals surface area contributed by atoms with Crippen molar-refractivity contribution in [1.29, 1.82) is 0 Å². The number of nitrogens with two attached hydrogens (primary N) is 1. The van der Waals surface area contributed by atoms with Gasteiger partial charge in [0.1, 0.15) is 30.1 Å². The van der Waals surface area contributed by atoms with Crippen molar-refractivity contribution in [3.63, 3.8) is 0 Å². The van der Waals surface area contributed by atoms with E-state index in [9.17, 15) is 22.8 Å². The first-order chi connectivity index (χ1) is 14.8. The summed E-state index contributed by atoms with van der Waals surface area (Å²) in [6.07, 6.45) is -4.29. The largest absolute Gasteiger partial charge is 0.489 e. The van der Waals surface area contributed by atoms with Crippen LogP contribution in [0.3, 0.4) is 0 Å². The van der Waals surface area contributed by atoms with E-state index in [0.717, 1.165) is 12.4 Å². The maximum atomic E-state index is 13.8. The lowest BCUT2D eigenvalue weighted by atomic mass is 9.95. The van der Waals surface area contributed by atoms with Gasteiger partial charge in [-0.3, -0.25) is 4.79 Å². The molecule has 0 bridgehead atoms. The molecule has 2 aromatic rings. The van der Waals surface area contributed by atoms with Gasteiger partial charge in [0.2, 0.25) is 5.91 Å². The third kappa shape index (κ3) is 7.10. The van der Waals surface area contributed by atoms with Crippen LogP contribution >= 0.6 is 0 Å². The van der Waals surface area contributed by atoms with Crippen LogP contribution in [0.1, 0.15) is 39.7 Å². The number of nitrogens with zero attached hydrogens (tertiary/aromatic N) is 2. The zero-order valence-electron chi connectivity index (χ0n) is 18.1. The van der Waals surface area contributed by atoms with Gasteiger partial charge < -0.3 is 20.5 Å². The van der Waals surface area contributed by atoms with Crippen LogP contribution in [-0.4, -0.2) is 34.2 Å². The Hall–Kier alpha value is -3.37. The Morgan fingerprint density at radius 1 is 1.19 bits per heavy atom. The summed E-state index contributed by atoms with van der Waals surface area (Å²) < 4.78 is 51.9. The smallest absolute Gasteiger partial charge is 0.419 e. The molecule has 0 radical (unpaired) electrons. The van der Waals surface area contributed by atoms with E-state index in [0.29, 0.717) is 6.42 Å². The van der Waals surface area contributed by atoms with E-state index in [-0.39, 0.29) is 35.5 Å². The second-order valence-electron chi connectivity index (χ2n) is 7.94. The average molecular weight is 454 g/mol. The number of hydrogen-bond donors (Lipinski definition) is 2. The number of hydrogen-bond acceptors (Lipinski definition) is 6. The maximum Gasteiger partial charge on any atom is 0.419 e. The van der Waals surface area contributed by atoms with Crippen molar-refractivity contribution in [2.24, 2.45) is 11.7 Å². The van der Waals surface area contributed by atoms with Crippen molar-refractivity contribution in [1.82, 2.24) is 9.97 Å².